The molecule has 0 saturated carbocycles. The van der Waals surface area contributed by atoms with Crippen LogP contribution in [-0.2, 0) is 17.5 Å². The minimum Gasteiger partial charge on any atom is -0.481 e. The summed E-state index contributed by atoms with van der Waals surface area (Å²) < 4.78 is 57.3. The molecule has 128 valence electrons. The molecule has 2 aromatic rings. The second kappa shape index (κ2) is 7.33. The molecule has 0 atom stereocenters. The standard InChI is InChI=1S/C17H15F4NO2/c1-22(10-12-6-2-3-7-13(12)17(19,20)21)16(23)11-24-15-9-5-4-8-14(15)18/h2-9H,10-11H2,1H3. The Bertz CT molecular complexity index is 716. The maximum absolute atomic E-state index is 13.4. The van der Waals surface area contributed by atoms with E-state index in [0.717, 1.165) is 11.0 Å². The zero-order valence-corrected chi connectivity index (χ0v) is 12.8. The Morgan fingerprint density at radius 3 is 2.38 bits per heavy atom. The van der Waals surface area contributed by atoms with Crippen LogP contribution >= 0.6 is 0 Å². The number of amides is 1. The molecule has 0 aliphatic rings. The Morgan fingerprint density at radius 1 is 1.08 bits per heavy atom. The van der Waals surface area contributed by atoms with Gasteiger partial charge in [0, 0.05) is 13.6 Å². The Balaban J connectivity index is 2.01. The monoisotopic (exact) mass is 341 g/mol. The van der Waals surface area contributed by atoms with E-state index in [9.17, 15) is 22.4 Å². The highest BCUT2D eigenvalue weighted by atomic mass is 19.4. The lowest BCUT2D eigenvalue weighted by Crippen LogP contribution is -2.31. The normalized spacial score (nSPS) is 11.2. The van der Waals surface area contributed by atoms with Crippen molar-refractivity contribution in [2.24, 2.45) is 0 Å². The van der Waals surface area contributed by atoms with Crippen molar-refractivity contribution in [3.63, 3.8) is 0 Å². The first kappa shape index (κ1) is 17.8. The molecule has 0 fully saturated rings. The molecule has 0 spiro atoms. The molecule has 0 heterocycles. The summed E-state index contributed by atoms with van der Waals surface area (Å²) in [6, 6.07) is 10.6. The highest BCUT2D eigenvalue weighted by molar-refractivity contribution is 5.77. The minimum atomic E-state index is -4.50. The number of hydrogen-bond donors (Lipinski definition) is 0. The summed E-state index contributed by atoms with van der Waals surface area (Å²) in [6.07, 6.45) is -4.50. The molecule has 2 aromatic carbocycles. The Hall–Kier alpha value is -2.57. The van der Waals surface area contributed by atoms with Crippen LogP contribution in [0, 0.1) is 5.82 Å². The van der Waals surface area contributed by atoms with Gasteiger partial charge in [-0.3, -0.25) is 4.79 Å². The lowest BCUT2D eigenvalue weighted by Gasteiger charge is -2.20. The quantitative estimate of drug-likeness (QED) is 0.773. The van der Waals surface area contributed by atoms with Gasteiger partial charge < -0.3 is 9.64 Å². The lowest BCUT2D eigenvalue weighted by atomic mass is 10.1. The fraction of sp³-hybridized carbons (Fsp3) is 0.235. The Morgan fingerprint density at radius 2 is 1.71 bits per heavy atom. The molecule has 0 radical (unpaired) electrons. The van der Waals surface area contributed by atoms with Crippen LogP contribution < -0.4 is 4.74 Å². The third-order valence-corrected chi connectivity index (χ3v) is 3.34. The predicted octanol–water partition coefficient (Wildman–Crippen LogP) is 3.88. The second-order valence-corrected chi connectivity index (χ2v) is 5.12. The number of benzene rings is 2. The maximum atomic E-state index is 13.4. The van der Waals surface area contributed by atoms with Crippen molar-refractivity contribution in [1.82, 2.24) is 4.90 Å². The van der Waals surface area contributed by atoms with Crippen LogP contribution in [-0.4, -0.2) is 24.5 Å². The first-order valence-electron chi connectivity index (χ1n) is 7.05. The summed E-state index contributed by atoms with van der Waals surface area (Å²) in [7, 11) is 1.36. The van der Waals surface area contributed by atoms with Gasteiger partial charge in [0.15, 0.2) is 18.2 Å². The third-order valence-electron chi connectivity index (χ3n) is 3.34. The van der Waals surface area contributed by atoms with Gasteiger partial charge in [-0.25, -0.2) is 4.39 Å². The molecule has 0 aliphatic heterocycles. The topological polar surface area (TPSA) is 29.5 Å². The molecule has 2 rings (SSSR count). The minimum absolute atomic E-state index is 0.0215. The van der Waals surface area contributed by atoms with E-state index in [1.165, 1.54) is 43.4 Å². The summed E-state index contributed by atoms with van der Waals surface area (Å²) in [5.41, 5.74) is -0.814. The van der Waals surface area contributed by atoms with Gasteiger partial charge in [0.2, 0.25) is 0 Å². The predicted molar refractivity (Wildman–Crippen MR) is 79.8 cm³/mol. The van der Waals surface area contributed by atoms with E-state index in [2.05, 4.69) is 0 Å². The number of carbonyl (C=O) groups is 1. The van der Waals surface area contributed by atoms with Crippen molar-refractivity contribution in [3.05, 3.63) is 65.5 Å². The van der Waals surface area contributed by atoms with E-state index in [0.29, 0.717) is 0 Å². The number of para-hydroxylation sites is 1. The fourth-order valence-electron chi connectivity index (χ4n) is 2.09. The van der Waals surface area contributed by atoms with Crippen molar-refractivity contribution in [2.75, 3.05) is 13.7 Å². The van der Waals surface area contributed by atoms with Crippen molar-refractivity contribution in [2.45, 2.75) is 12.7 Å². The zero-order valence-electron chi connectivity index (χ0n) is 12.8. The van der Waals surface area contributed by atoms with Crippen LogP contribution in [0.15, 0.2) is 48.5 Å². The largest absolute Gasteiger partial charge is 0.481 e. The van der Waals surface area contributed by atoms with E-state index >= 15 is 0 Å². The molecule has 7 heteroatoms. The molecule has 0 saturated heterocycles. The number of likely N-dealkylation sites (N-methyl/N-ethyl adjacent to an activating group) is 1. The number of carbonyl (C=O) groups excluding carboxylic acids is 1. The number of halogens is 4. The molecule has 1 amide bonds. The van der Waals surface area contributed by atoms with Gasteiger partial charge in [-0.2, -0.15) is 13.2 Å². The van der Waals surface area contributed by atoms with E-state index < -0.39 is 30.1 Å². The Kier molecular flexibility index (Phi) is 5.43. The summed E-state index contributed by atoms with van der Waals surface area (Å²) in [4.78, 5) is 13.1. The van der Waals surface area contributed by atoms with Crippen LogP contribution in [0.5, 0.6) is 5.75 Å². The third kappa shape index (κ3) is 4.47. The van der Waals surface area contributed by atoms with Gasteiger partial charge in [-0.15, -0.1) is 0 Å². The van der Waals surface area contributed by atoms with E-state index in [1.807, 2.05) is 0 Å². The molecule has 0 aromatic heterocycles. The molecule has 0 N–H and O–H groups in total. The average Bonchev–Trinajstić information content (AvgIpc) is 2.53. The molecular weight excluding hydrogens is 326 g/mol. The number of nitrogens with zero attached hydrogens (tertiary/aromatic N) is 1. The summed E-state index contributed by atoms with van der Waals surface area (Å²) in [5.74, 6) is -1.26. The van der Waals surface area contributed by atoms with Gasteiger partial charge in [0.25, 0.3) is 5.91 Å². The lowest BCUT2D eigenvalue weighted by molar-refractivity contribution is -0.140. The molecule has 0 aliphatic carbocycles. The van der Waals surface area contributed by atoms with Gasteiger partial charge in [0.1, 0.15) is 0 Å². The molecule has 3 nitrogen and oxygen atoms in total. The highest BCUT2D eigenvalue weighted by Gasteiger charge is 2.33. The van der Waals surface area contributed by atoms with Gasteiger partial charge in [0.05, 0.1) is 5.56 Å². The van der Waals surface area contributed by atoms with Crippen molar-refractivity contribution in [3.8, 4) is 5.75 Å². The average molecular weight is 341 g/mol. The van der Waals surface area contributed by atoms with Crippen LogP contribution in [0.25, 0.3) is 0 Å². The summed E-state index contributed by atoms with van der Waals surface area (Å²) >= 11 is 0. The number of hydrogen-bond acceptors (Lipinski definition) is 2. The maximum Gasteiger partial charge on any atom is 0.416 e. The Labute approximate surface area is 136 Å². The molecular formula is C17H15F4NO2. The van der Waals surface area contributed by atoms with E-state index in [4.69, 9.17) is 4.74 Å². The fourth-order valence-corrected chi connectivity index (χ4v) is 2.09. The molecule has 0 bridgehead atoms. The van der Waals surface area contributed by atoms with Crippen molar-refractivity contribution in [1.29, 1.82) is 0 Å². The second-order valence-electron chi connectivity index (χ2n) is 5.12. The summed E-state index contributed by atoms with van der Waals surface area (Å²) in [5, 5.41) is 0. The van der Waals surface area contributed by atoms with E-state index in [1.54, 1.807) is 6.07 Å². The van der Waals surface area contributed by atoms with E-state index in [-0.39, 0.29) is 17.9 Å². The first-order chi connectivity index (χ1) is 11.3. The smallest absolute Gasteiger partial charge is 0.416 e. The zero-order chi connectivity index (χ0) is 17.7. The number of ether oxygens (including phenoxy) is 1. The molecule has 0 unspecified atom stereocenters. The highest BCUT2D eigenvalue weighted by Crippen LogP contribution is 2.32. The van der Waals surface area contributed by atoms with Crippen LogP contribution in [0.4, 0.5) is 17.6 Å². The van der Waals surface area contributed by atoms with Gasteiger partial charge in [-0.1, -0.05) is 30.3 Å². The summed E-state index contributed by atoms with van der Waals surface area (Å²) in [6.45, 7) is -0.694. The van der Waals surface area contributed by atoms with Gasteiger partial charge in [-0.05, 0) is 23.8 Å². The van der Waals surface area contributed by atoms with Crippen LogP contribution in [0.3, 0.4) is 0 Å². The van der Waals surface area contributed by atoms with Crippen LogP contribution in [0.2, 0.25) is 0 Å². The number of alkyl halides is 3. The number of rotatable bonds is 5. The molecule has 24 heavy (non-hydrogen) atoms. The van der Waals surface area contributed by atoms with Gasteiger partial charge >= 0.3 is 6.18 Å². The SMILES string of the molecule is CN(Cc1ccccc1C(F)(F)F)C(=O)COc1ccccc1F. The van der Waals surface area contributed by atoms with Crippen molar-refractivity contribution >= 4 is 5.91 Å². The van der Waals surface area contributed by atoms with Crippen molar-refractivity contribution < 1.29 is 27.1 Å². The first-order valence-corrected chi connectivity index (χ1v) is 7.05. The van der Waals surface area contributed by atoms with Crippen LogP contribution in [0.1, 0.15) is 11.1 Å².